The molecule has 0 aliphatic carbocycles. The van der Waals surface area contributed by atoms with E-state index in [-0.39, 0.29) is 10.6 Å². The predicted molar refractivity (Wildman–Crippen MR) is 74.5 cm³/mol. The summed E-state index contributed by atoms with van der Waals surface area (Å²) in [5.41, 5.74) is -0.876. The van der Waals surface area contributed by atoms with Crippen LogP contribution in [-0.4, -0.2) is 16.1 Å². The number of rotatable bonds is 3. The highest BCUT2D eigenvalue weighted by molar-refractivity contribution is 9.10. The minimum Gasteiger partial charge on any atom is -0.478 e. The number of alkyl halides is 3. The maximum Gasteiger partial charge on any atom is 0.419 e. The first-order chi connectivity index (χ1) is 9.79. The molecule has 0 radical (unpaired) electrons. The number of hydrogen-bond acceptors (Lipinski definition) is 3. The van der Waals surface area contributed by atoms with E-state index in [1.807, 2.05) is 0 Å². The third-order valence-electron chi connectivity index (χ3n) is 2.46. The Bertz CT molecular complexity index is 691. The Morgan fingerprint density at radius 3 is 2.62 bits per heavy atom. The van der Waals surface area contributed by atoms with Gasteiger partial charge in [0.2, 0.25) is 0 Å². The molecule has 0 aliphatic rings. The fourth-order valence-corrected chi connectivity index (χ4v) is 2.89. The number of benzene rings is 1. The van der Waals surface area contributed by atoms with E-state index < -0.39 is 17.7 Å². The molecular weight excluding hydrogens is 371 g/mol. The average Bonchev–Trinajstić information content (AvgIpc) is 2.40. The van der Waals surface area contributed by atoms with Crippen molar-refractivity contribution in [2.75, 3.05) is 0 Å². The number of halogens is 4. The molecule has 2 aromatic rings. The zero-order valence-electron chi connectivity index (χ0n) is 10.2. The molecule has 0 aliphatic heterocycles. The maximum absolute atomic E-state index is 12.9. The van der Waals surface area contributed by atoms with Crippen LogP contribution in [0.4, 0.5) is 13.2 Å². The van der Waals surface area contributed by atoms with Gasteiger partial charge in [-0.1, -0.05) is 11.8 Å². The third-order valence-corrected chi connectivity index (χ3v) is 4.16. The molecule has 1 aromatic heterocycles. The molecule has 0 bridgehead atoms. The van der Waals surface area contributed by atoms with Gasteiger partial charge in [-0.15, -0.1) is 0 Å². The highest BCUT2D eigenvalue weighted by Gasteiger charge is 2.34. The molecule has 2 rings (SSSR count). The Hall–Kier alpha value is -1.54. The van der Waals surface area contributed by atoms with Gasteiger partial charge in [0.25, 0.3) is 0 Å². The van der Waals surface area contributed by atoms with Crippen molar-refractivity contribution >= 4 is 33.7 Å². The highest BCUT2D eigenvalue weighted by atomic mass is 79.9. The molecule has 0 unspecified atom stereocenters. The van der Waals surface area contributed by atoms with Gasteiger partial charge in [0.1, 0.15) is 5.03 Å². The van der Waals surface area contributed by atoms with Crippen LogP contribution in [0.25, 0.3) is 0 Å². The second kappa shape index (κ2) is 6.07. The summed E-state index contributed by atoms with van der Waals surface area (Å²) in [7, 11) is 0. The van der Waals surface area contributed by atoms with Crippen LogP contribution in [0.1, 0.15) is 15.9 Å². The van der Waals surface area contributed by atoms with Crippen LogP contribution in [0.3, 0.4) is 0 Å². The molecule has 1 heterocycles. The summed E-state index contributed by atoms with van der Waals surface area (Å²) in [5.74, 6) is -1.17. The van der Waals surface area contributed by atoms with Gasteiger partial charge in [0.05, 0.1) is 11.1 Å². The number of aromatic nitrogens is 1. The standard InChI is InChI=1S/C13H7BrF3NO2S/c14-10-4-3-7(6-8(10)12(19)20)21-11-9(13(15,16)17)2-1-5-18-11/h1-6H,(H,19,20). The lowest BCUT2D eigenvalue weighted by Gasteiger charge is -2.11. The van der Waals surface area contributed by atoms with E-state index in [1.165, 1.54) is 30.5 Å². The lowest BCUT2D eigenvalue weighted by molar-refractivity contribution is -0.140. The largest absolute Gasteiger partial charge is 0.478 e. The first kappa shape index (κ1) is 15.8. The Kier molecular flexibility index (Phi) is 4.58. The number of pyridine rings is 1. The summed E-state index contributed by atoms with van der Waals surface area (Å²) in [5, 5.41) is 8.79. The van der Waals surface area contributed by atoms with E-state index in [9.17, 15) is 18.0 Å². The molecule has 0 saturated heterocycles. The van der Waals surface area contributed by atoms with Crippen molar-refractivity contribution in [3.05, 3.63) is 52.1 Å². The topological polar surface area (TPSA) is 50.2 Å². The predicted octanol–water partition coefficient (Wildman–Crippen LogP) is 4.71. The minimum absolute atomic E-state index is 0.0236. The van der Waals surface area contributed by atoms with Gasteiger partial charge in [-0.05, 0) is 46.3 Å². The highest BCUT2D eigenvalue weighted by Crippen LogP contribution is 2.38. The third kappa shape index (κ3) is 3.76. The molecule has 0 spiro atoms. The van der Waals surface area contributed by atoms with E-state index >= 15 is 0 Å². The van der Waals surface area contributed by atoms with Crippen molar-refractivity contribution < 1.29 is 23.1 Å². The van der Waals surface area contributed by atoms with Gasteiger partial charge in [0, 0.05) is 15.6 Å². The molecule has 8 heteroatoms. The first-order valence-electron chi connectivity index (χ1n) is 5.52. The van der Waals surface area contributed by atoms with Crippen LogP contribution in [0.15, 0.2) is 50.9 Å². The SMILES string of the molecule is O=C(O)c1cc(Sc2ncccc2C(F)(F)F)ccc1Br. The fourth-order valence-electron chi connectivity index (χ4n) is 1.53. The van der Waals surface area contributed by atoms with Gasteiger partial charge < -0.3 is 5.11 Å². The minimum atomic E-state index is -4.51. The Balaban J connectivity index is 2.40. The van der Waals surface area contributed by atoms with Crippen molar-refractivity contribution in [3.8, 4) is 0 Å². The summed E-state index contributed by atoms with van der Waals surface area (Å²) in [6.07, 6.45) is -3.25. The van der Waals surface area contributed by atoms with Crippen molar-refractivity contribution in [3.63, 3.8) is 0 Å². The van der Waals surface area contributed by atoms with Crippen molar-refractivity contribution in [1.29, 1.82) is 0 Å². The number of aromatic carboxylic acids is 1. The van der Waals surface area contributed by atoms with Crippen molar-refractivity contribution in [2.24, 2.45) is 0 Å². The first-order valence-corrected chi connectivity index (χ1v) is 7.13. The summed E-state index contributed by atoms with van der Waals surface area (Å²) < 4.78 is 39.0. The Morgan fingerprint density at radius 2 is 2.00 bits per heavy atom. The molecule has 0 fully saturated rings. The maximum atomic E-state index is 12.9. The number of nitrogens with zero attached hydrogens (tertiary/aromatic N) is 1. The van der Waals surface area contributed by atoms with Gasteiger partial charge in [-0.25, -0.2) is 9.78 Å². The Labute approximate surface area is 130 Å². The van der Waals surface area contributed by atoms with E-state index in [4.69, 9.17) is 5.11 Å². The molecule has 1 aromatic carbocycles. The fraction of sp³-hybridized carbons (Fsp3) is 0.0769. The van der Waals surface area contributed by atoms with Crippen LogP contribution < -0.4 is 0 Å². The molecule has 110 valence electrons. The van der Waals surface area contributed by atoms with Crippen molar-refractivity contribution in [2.45, 2.75) is 16.1 Å². The molecule has 21 heavy (non-hydrogen) atoms. The smallest absolute Gasteiger partial charge is 0.419 e. The van der Waals surface area contributed by atoms with E-state index in [2.05, 4.69) is 20.9 Å². The van der Waals surface area contributed by atoms with Gasteiger partial charge in [-0.3, -0.25) is 0 Å². The second-order valence-electron chi connectivity index (χ2n) is 3.90. The molecule has 3 nitrogen and oxygen atoms in total. The summed E-state index contributed by atoms with van der Waals surface area (Å²) in [4.78, 5) is 15.1. The molecule has 0 atom stereocenters. The van der Waals surface area contributed by atoms with Gasteiger partial charge in [-0.2, -0.15) is 13.2 Å². The summed E-state index contributed by atoms with van der Waals surface area (Å²) in [6.45, 7) is 0. The van der Waals surface area contributed by atoms with Crippen LogP contribution in [0, 0.1) is 0 Å². The van der Waals surface area contributed by atoms with Crippen molar-refractivity contribution in [1.82, 2.24) is 4.98 Å². The van der Waals surface area contributed by atoms with Crippen LogP contribution in [0.2, 0.25) is 0 Å². The number of hydrogen-bond donors (Lipinski definition) is 1. The average molecular weight is 378 g/mol. The lowest BCUT2D eigenvalue weighted by Crippen LogP contribution is -2.07. The summed E-state index contributed by atoms with van der Waals surface area (Å²) in [6, 6.07) is 6.44. The number of carboxylic acids is 1. The second-order valence-corrected chi connectivity index (χ2v) is 5.82. The zero-order chi connectivity index (χ0) is 15.6. The number of carbonyl (C=O) groups is 1. The monoisotopic (exact) mass is 377 g/mol. The molecule has 0 amide bonds. The quantitative estimate of drug-likeness (QED) is 0.841. The Morgan fingerprint density at radius 1 is 1.29 bits per heavy atom. The zero-order valence-corrected chi connectivity index (χ0v) is 12.6. The van der Waals surface area contributed by atoms with E-state index in [0.717, 1.165) is 17.8 Å². The van der Waals surface area contributed by atoms with Crippen LogP contribution in [-0.2, 0) is 6.18 Å². The summed E-state index contributed by atoms with van der Waals surface area (Å²) >= 11 is 3.84. The normalized spacial score (nSPS) is 11.4. The van der Waals surface area contributed by atoms with Crippen LogP contribution in [0.5, 0.6) is 0 Å². The van der Waals surface area contributed by atoms with E-state index in [0.29, 0.717) is 9.37 Å². The van der Waals surface area contributed by atoms with Crippen LogP contribution >= 0.6 is 27.7 Å². The molecule has 0 saturated carbocycles. The molecule has 1 N–H and O–H groups in total. The van der Waals surface area contributed by atoms with Gasteiger partial charge >= 0.3 is 12.1 Å². The number of carboxylic acid groups (broad SMARTS) is 1. The van der Waals surface area contributed by atoms with Gasteiger partial charge in [0.15, 0.2) is 0 Å². The lowest BCUT2D eigenvalue weighted by atomic mass is 10.2. The molecular formula is C13H7BrF3NO2S. The van der Waals surface area contributed by atoms with E-state index in [1.54, 1.807) is 0 Å².